The van der Waals surface area contributed by atoms with Crippen LogP contribution in [-0.2, 0) is 18.9 Å². The molecule has 0 bridgehead atoms. The molecule has 1 aromatic rings. The summed E-state index contributed by atoms with van der Waals surface area (Å²) in [6.07, 6.45) is -1.83. The molecule has 0 aromatic heterocycles. The van der Waals surface area contributed by atoms with Crippen molar-refractivity contribution in [2.24, 2.45) is 0 Å². The number of halogens is 3. The summed E-state index contributed by atoms with van der Waals surface area (Å²) in [5.74, 6) is -0.0811. The lowest BCUT2D eigenvalue weighted by molar-refractivity contribution is -0.114. The first-order valence-electron chi connectivity index (χ1n) is 6.73. The topological polar surface area (TPSA) is 71.1 Å². The van der Waals surface area contributed by atoms with Crippen molar-refractivity contribution in [3.8, 4) is 0 Å². The fourth-order valence-electron chi connectivity index (χ4n) is 1.67. The molecule has 0 spiro atoms. The second-order valence-electron chi connectivity index (χ2n) is 4.56. The molecule has 6 nitrogen and oxygen atoms in total. The van der Waals surface area contributed by atoms with E-state index in [2.05, 4.69) is 4.74 Å². The van der Waals surface area contributed by atoms with E-state index < -0.39 is 34.3 Å². The van der Waals surface area contributed by atoms with Crippen LogP contribution in [0.5, 0.6) is 0 Å². The zero-order valence-electron chi connectivity index (χ0n) is 12.2. The first kappa shape index (κ1) is 19.5. The van der Waals surface area contributed by atoms with Crippen molar-refractivity contribution in [1.29, 1.82) is 0 Å². The zero-order chi connectivity index (χ0) is 17.6. The van der Waals surface area contributed by atoms with Gasteiger partial charge in [-0.25, -0.2) is 9.59 Å². The Kier molecular flexibility index (Phi) is 7.31. The largest absolute Gasteiger partial charge is 0.510 e. The predicted molar refractivity (Wildman–Crippen MR) is 90.6 cm³/mol. The summed E-state index contributed by atoms with van der Waals surface area (Å²) >= 11 is 17.7. The van der Waals surface area contributed by atoms with Gasteiger partial charge in [-0.3, -0.25) is 0 Å². The third-order valence-corrected chi connectivity index (χ3v) is 4.07. The summed E-state index contributed by atoms with van der Waals surface area (Å²) in [4.78, 5) is 23.2. The minimum atomic E-state index is -1.71. The molecule has 24 heavy (non-hydrogen) atoms. The maximum Gasteiger partial charge on any atom is 0.510 e. The first-order valence-corrected chi connectivity index (χ1v) is 8.91. The van der Waals surface area contributed by atoms with Gasteiger partial charge in [0.25, 0.3) is 0 Å². The van der Waals surface area contributed by atoms with E-state index in [1.165, 1.54) is 11.8 Å². The Hall–Kier alpha value is -0.860. The van der Waals surface area contributed by atoms with Gasteiger partial charge >= 0.3 is 12.1 Å². The van der Waals surface area contributed by atoms with Gasteiger partial charge in [0.15, 0.2) is 0 Å². The van der Waals surface area contributed by atoms with Crippen LogP contribution in [0.2, 0.25) is 0 Å². The molecular weight excluding hydrogens is 403 g/mol. The Balaban J connectivity index is 1.68. The van der Waals surface area contributed by atoms with Crippen LogP contribution in [0.25, 0.3) is 0 Å². The fourth-order valence-corrected chi connectivity index (χ4v) is 2.72. The number of thioether (sulfide) groups is 1. The molecule has 1 aliphatic heterocycles. The van der Waals surface area contributed by atoms with Gasteiger partial charge in [-0.05, 0) is 12.1 Å². The molecule has 0 saturated carbocycles. The summed E-state index contributed by atoms with van der Waals surface area (Å²) in [5.41, 5.74) is 0.00668. The summed E-state index contributed by atoms with van der Waals surface area (Å²) in [6.45, 7) is -0.407. The monoisotopic (exact) mass is 414 g/mol. The van der Waals surface area contributed by atoms with E-state index in [-0.39, 0.29) is 6.61 Å². The summed E-state index contributed by atoms with van der Waals surface area (Å²) in [7, 11) is 0. The van der Waals surface area contributed by atoms with Crippen LogP contribution < -0.4 is 0 Å². The van der Waals surface area contributed by atoms with Crippen molar-refractivity contribution in [3.63, 3.8) is 0 Å². The molecule has 1 aromatic carbocycles. The molecule has 0 amide bonds. The lowest BCUT2D eigenvalue weighted by Gasteiger charge is -2.15. The van der Waals surface area contributed by atoms with E-state index >= 15 is 0 Å². The normalized spacial score (nSPS) is 20.5. The van der Waals surface area contributed by atoms with E-state index in [1.807, 2.05) is 0 Å². The molecule has 10 heteroatoms. The molecule has 1 aliphatic rings. The molecule has 0 radical (unpaired) electrons. The van der Waals surface area contributed by atoms with Crippen molar-refractivity contribution >= 4 is 58.7 Å². The molecule has 1 saturated heterocycles. The van der Waals surface area contributed by atoms with Gasteiger partial charge < -0.3 is 18.9 Å². The van der Waals surface area contributed by atoms with E-state index in [1.54, 1.807) is 30.3 Å². The molecule has 1 heterocycles. The number of rotatable bonds is 5. The van der Waals surface area contributed by atoms with Gasteiger partial charge in [0, 0.05) is 0 Å². The van der Waals surface area contributed by atoms with Crippen molar-refractivity contribution in [3.05, 3.63) is 35.9 Å². The molecule has 0 N–H and O–H groups in total. The quantitative estimate of drug-likeness (QED) is 0.535. The SMILES string of the molecule is O=C(OCC(Cl)(Cl)Cl)OC1CSC(COC(=O)c2ccccc2)O1. The first-order chi connectivity index (χ1) is 11.3. The number of benzene rings is 1. The molecule has 2 atom stereocenters. The standard InChI is InChI=1S/C14H13Cl3O6S/c15-14(16,17)8-21-13(19)23-10-7-24-11(22-10)6-20-12(18)9-4-2-1-3-5-9/h1-5,10-11H,6-8H2. The number of ether oxygens (including phenoxy) is 4. The number of carbonyl (C=O) groups is 2. The second kappa shape index (κ2) is 9.01. The highest BCUT2D eigenvalue weighted by Gasteiger charge is 2.31. The lowest BCUT2D eigenvalue weighted by atomic mass is 10.2. The predicted octanol–water partition coefficient (Wildman–Crippen LogP) is 3.78. The van der Waals surface area contributed by atoms with Crippen LogP contribution in [0.1, 0.15) is 10.4 Å². The number of carbonyl (C=O) groups excluding carboxylic acids is 2. The van der Waals surface area contributed by atoms with Gasteiger partial charge in [-0.1, -0.05) is 53.0 Å². The molecule has 2 unspecified atom stereocenters. The molecule has 1 fully saturated rings. The highest BCUT2D eigenvalue weighted by Crippen LogP contribution is 2.28. The minimum Gasteiger partial charge on any atom is -0.458 e. The Labute approximate surface area is 157 Å². The third-order valence-electron chi connectivity index (χ3n) is 2.66. The number of hydrogen-bond donors (Lipinski definition) is 0. The summed E-state index contributed by atoms with van der Waals surface area (Å²) in [6, 6.07) is 8.58. The maximum atomic E-state index is 11.8. The van der Waals surface area contributed by atoms with Crippen LogP contribution >= 0.6 is 46.6 Å². The summed E-state index contributed by atoms with van der Waals surface area (Å²) in [5, 5.41) is 0. The average molecular weight is 416 g/mol. The van der Waals surface area contributed by atoms with Crippen LogP contribution in [0, 0.1) is 0 Å². The van der Waals surface area contributed by atoms with Crippen molar-refractivity contribution in [2.45, 2.75) is 15.5 Å². The van der Waals surface area contributed by atoms with Crippen LogP contribution in [0.15, 0.2) is 30.3 Å². The summed E-state index contributed by atoms with van der Waals surface area (Å²) < 4.78 is 18.4. The van der Waals surface area contributed by atoms with E-state index in [0.29, 0.717) is 11.3 Å². The fraction of sp³-hybridized carbons (Fsp3) is 0.429. The van der Waals surface area contributed by atoms with Crippen LogP contribution in [0.3, 0.4) is 0 Å². The molecule has 132 valence electrons. The Morgan fingerprint density at radius 2 is 1.92 bits per heavy atom. The van der Waals surface area contributed by atoms with Crippen molar-refractivity contribution in [1.82, 2.24) is 0 Å². The van der Waals surface area contributed by atoms with Gasteiger partial charge in [0.1, 0.15) is 18.6 Å². The van der Waals surface area contributed by atoms with Gasteiger partial charge in [0.05, 0.1) is 11.3 Å². The Morgan fingerprint density at radius 1 is 1.21 bits per heavy atom. The molecule has 0 aliphatic carbocycles. The van der Waals surface area contributed by atoms with Crippen LogP contribution in [0.4, 0.5) is 4.79 Å². The lowest BCUT2D eigenvalue weighted by Crippen LogP contribution is -2.25. The van der Waals surface area contributed by atoms with Crippen molar-refractivity contribution in [2.75, 3.05) is 19.0 Å². The minimum absolute atomic E-state index is 0.0292. The van der Waals surface area contributed by atoms with E-state index in [4.69, 9.17) is 49.0 Å². The van der Waals surface area contributed by atoms with Crippen molar-refractivity contribution < 1.29 is 28.5 Å². The van der Waals surface area contributed by atoms with Gasteiger partial charge in [-0.15, -0.1) is 11.8 Å². The van der Waals surface area contributed by atoms with E-state index in [9.17, 15) is 9.59 Å². The van der Waals surface area contributed by atoms with E-state index in [0.717, 1.165) is 0 Å². The van der Waals surface area contributed by atoms with Crippen LogP contribution in [-0.4, -0.2) is 46.6 Å². The zero-order valence-corrected chi connectivity index (χ0v) is 15.2. The molecule has 2 rings (SSSR count). The highest BCUT2D eigenvalue weighted by atomic mass is 35.6. The van der Waals surface area contributed by atoms with Gasteiger partial charge in [0.2, 0.25) is 10.1 Å². The Morgan fingerprint density at radius 3 is 2.58 bits per heavy atom. The third kappa shape index (κ3) is 6.94. The number of hydrogen-bond acceptors (Lipinski definition) is 7. The second-order valence-corrected chi connectivity index (χ2v) is 8.27. The maximum absolute atomic E-state index is 11.8. The number of alkyl halides is 3. The molecular formula is C14H13Cl3O6S. The number of esters is 1. The Bertz CT molecular complexity index is 565. The van der Waals surface area contributed by atoms with Gasteiger partial charge in [-0.2, -0.15) is 0 Å². The average Bonchev–Trinajstić information content (AvgIpc) is 2.98. The highest BCUT2D eigenvalue weighted by molar-refractivity contribution is 8.00. The smallest absolute Gasteiger partial charge is 0.458 e.